The van der Waals surface area contributed by atoms with Crippen molar-refractivity contribution in [2.45, 2.75) is 24.9 Å². The fourth-order valence-electron chi connectivity index (χ4n) is 2.06. The average molecular weight is 279 g/mol. The van der Waals surface area contributed by atoms with Crippen molar-refractivity contribution in [1.82, 2.24) is 4.98 Å². The number of aldehydes is 1. The molecule has 0 amide bonds. The van der Waals surface area contributed by atoms with E-state index < -0.39 is 18.5 Å². The fourth-order valence-corrected chi connectivity index (χ4v) is 2.06. The highest BCUT2D eigenvalue weighted by molar-refractivity contribution is 5.96. The normalized spacial score (nSPS) is 25.2. The highest BCUT2D eigenvalue weighted by Gasteiger charge is 2.31. The lowest BCUT2D eigenvalue weighted by Crippen LogP contribution is -2.24. The number of benzene rings is 1. The van der Waals surface area contributed by atoms with E-state index in [-0.39, 0.29) is 13.0 Å². The van der Waals surface area contributed by atoms with Gasteiger partial charge in [0.25, 0.3) is 0 Å². The predicted molar refractivity (Wildman–Crippen MR) is 72.3 cm³/mol. The molecule has 3 rings (SSSR count). The third-order valence-electron chi connectivity index (χ3n) is 3.13. The Balaban J connectivity index is 0.000000151. The summed E-state index contributed by atoms with van der Waals surface area (Å²) in [4.78, 5) is 13.5. The van der Waals surface area contributed by atoms with Crippen molar-refractivity contribution in [2.75, 3.05) is 6.61 Å². The molecule has 0 saturated carbocycles. The Morgan fingerprint density at radius 2 is 2.10 bits per heavy atom. The molecule has 1 aromatic carbocycles. The number of rotatable bonds is 2. The first-order valence-corrected chi connectivity index (χ1v) is 6.29. The van der Waals surface area contributed by atoms with Gasteiger partial charge in [0.2, 0.25) is 0 Å². The number of aliphatic hydroxyl groups excluding tert-OH is 3. The minimum absolute atomic E-state index is 0.200. The molecule has 108 valence electrons. The summed E-state index contributed by atoms with van der Waals surface area (Å²) in [7, 11) is 0. The Morgan fingerprint density at radius 1 is 1.35 bits per heavy atom. The number of carbonyl (C=O) groups is 1. The van der Waals surface area contributed by atoms with Crippen molar-refractivity contribution in [1.29, 1.82) is 0 Å². The van der Waals surface area contributed by atoms with E-state index in [1.54, 1.807) is 6.20 Å². The van der Waals surface area contributed by atoms with Crippen LogP contribution < -0.4 is 0 Å². The van der Waals surface area contributed by atoms with Crippen molar-refractivity contribution < 1.29 is 24.9 Å². The third-order valence-corrected chi connectivity index (χ3v) is 3.13. The SMILES string of the molecule is O=Cc1c[nH]c2ccccc12.OC[C@H]1OC(O)C[C@@H]1O. The van der Waals surface area contributed by atoms with Crippen LogP contribution in [0.1, 0.15) is 16.8 Å². The number of carbonyl (C=O) groups excluding carboxylic acids is 1. The van der Waals surface area contributed by atoms with Gasteiger partial charge in [-0.15, -0.1) is 0 Å². The number of H-pyrrole nitrogens is 1. The molecule has 0 aliphatic carbocycles. The van der Waals surface area contributed by atoms with Gasteiger partial charge in [-0.05, 0) is 6.07 Å². The quantitative estimate of drug-likeness (QED) is 0.597. The zero-order valence-electron chi connectivity index (χ0n) is 10.8. The molecule has 6 heteroatoms. The minimum atomic E-state index is -0.905. The number of fused-ring (bicyclic) bond motifs is 1. The molecule has 2 aromatic rings. The topological polar surface area (TPSA) is 103 Å². The van der Waals surface area contributed by atoms with Crippen LogP contribution in [-0.2, 0) is 4.74 Å². The summed E-state index contributed by atoms with van der Waals surface area (Å²) in [6.07, 6.45) is 0.559. The minimum Gasteiger partial charge on any atom is -0.394 e. The highest BCUT2D eigenvalue weighted by Crippen LogP contribution is 2.17. The molecule has 20 heavy (non-hydrogen) atoms. The van der Waals surface area contributed by atoms with E-state index in [0.717, 1.165) is 22.8 Å². The monoisotopic (exact) mass is 279 g/mol. The van der Waals surface area contributed by atoms with Crippen LogP contribution in [0, 0.1) is 0 Å². The largest absolute Gasteiger partial charge is 0.394 e. The van der Waals surface area contributed by atoms with E-state index in [9.17, 15) is 4.79 Å². The number of aromatic nitrogens is 1. The smallest absolute Gasteiger partial charge is 0.157 e. The van der Waals surface area contributed by atoms with E-state index in [0.29, 0.717) is 0 Å². The first-order valence-electron chi connectivity index (χ1n) is 6.29. The Morgan fingerprint density at radius 3 is 2.65 bits per heavy atom. The van der Waals surface area contributed by atoms with Gasteiger partial charge in [0.15, 0.2) is 12.6 Å². The lowest BCUT2D eigenvalue weighted by Gasteiger charge is -2.08. The number of hydrogen-bond donors (Lipinski definition) is 4. The zero-order valence-corrected chi connectivity index (χ0v) is 10.8. The summed E-state index contributed by atoms with van der Waals surface area (Å²) in [6, 6.07) is 7.73. The number of hydrogen-bond acceptors (Lipinski definition) is 5. The summed E-state index contributed by atoms with van der Waals surface area (Å²) < 4.78 is 4.68. The van der Waals surface area contributed by atoms with Gasteiger partial charge in [-0.2, -0.15) is 0 Å². The zero-order chi connectivity index (χ0) is 14.5. The number of nitrogens with one attached hydrogen (secondary N) is 1. The summed E-state index contributed by atoms with van der Waals surface area (Å²) in [5.41, 5.74) is 1.73. The molecule has 1 unspecified atom stereocenters. The standard InChI is InChI=1S/C9H7NO.C5H10O4/c11-6-7-5-10-9-4-2-1-3-8(7)9;6-2-4-3(7)1-5(8)9-4/h1-6,10H;3-8H,1-2H2/t;3-,4+,5?/m.0/s1. The summed E-state index contributed by atoms with van der Waals surface area (Å²) in [5.74, 6) is 0. The molecule has 0 radical (unpaired) electrons. The second-order valence-corrected chi connectivity index (χ2v) is 4.52. The van der Waals surface area contributed by atoms with E-state index in [2.05, 4.69) is 9.72 Å². The highest BCUT2D eigenvalue weighted by atomic mass is 16.6. The third kappa shape index (κ3) is 3.23. The number of aromatic amines is 1. The van der Waals surface area contributed by atoms with Gasteiger partial charge in [0, 0.05) is 29.1 Å². The molecule has 4 N–H and O–H groups in total. The maximum atomic E-state index is 10.5. The second kappa shape index (κ2) is 6.62. The van der Waals surface area contributed by atoms with Gasteiger partial charge >= 0.3 is 0 Å². The van der Waals surface area contributed by atoms with Gasteiger partial charge in [-0.25, -0.2) is 0 Å². The molecule has 1 aliphatic heterocycles. The molecule has 1 aliphatic rings. The van der Waals surface area contributed by atoms with E-state index in [4.69, 9.17) is 15.3 Å². The molecule has 6 nitrogen and oxygen atoms in total. The van der Waals surface area contributed by atoms with Crippen LogP contribution in [-0.4, -0.2) is 51.7 Å². The van der Waals surface area contributed by atoms with Crippen molar-refractivity contribution in [2.24, 2.45) is 0 Å². The van der Waals surface area contributed by atoms with Crippen LogP contribution in [0.3, 0.4) is 0 Å². The number of aliphatic hydroxyl groups is 3. The van der Waals surface area contributed by atoms with Gasteiger partial charge in [0.05, 0.1) is 12.7 Å². The predicted octanol–water partition coefficient (Wildman–Crippen LogP) is 0.427. The van der Waals surface area contributed by atoms with Crippen LogP contribution in [0.25, 0.3) is 10.9 Å². The molecular formula is C14H17NO5. The van der Waals surface area contributed by atoms with Gasteiger partial charge < -0.3 is 25.0 Å². The van der Waals surface area contributed by atoms with Crippen molar-refractivity contribution in [3.63, 3.8) is 0 Å². The van der Waals surface area contributed by atoms with Crippen molar-refractivity contribution in [3.8, 4) is 0 Å². The average Bonchev–Trinajstić information content (AvgIpc) is 3.02. The van der Waals surface area contributed by atoms with Crippen molar-refractivity contribution in [3.05, 3.63) is 36.0 Å². The molecule has 1 fully saturated rings. The molecular weight excluding hydrogens is 262 g/mol. The Labute approximate surface area is 115 Å². The molecule has 0 bridgehead atoms. The van der Waals surface area contributed by atoms with Crippen LogP contribution in [0.4, 0.5) is 0 Å². The number of ether oxygens (including phenoxy) is 1. The lowest BCUT2D eigenvalue weighted by atomic mass is 10.2. The molecule has 2 heterocycles. The number of para-hydroxylation sites is 1. The Hall–Kier alpha value is -1.73. The van der Waals surface area contributed by atoms with Gasteiger partial charge in [-0.3, -0.25) is 4.79 Å². The molecule has 3 atom stereocenters. The first kappa shape index (κ1) is 14.7. The molecule has 0 spiro atoms. The summed E-state index contributed by atoms with van der Waals surface area (Å²) >= 11 is 0. The van der Waals surface area contributed by atoms with Gasteiger partial charge in [0.1, 0.15) is 6.10 Å². The van der Waals surface area contributed by atoms with Gasteiger partial charge in [-0.1, -0.05) is 18.2 Å². The maximum Gasteiger partial charge on any atom is 0.157 e. The van der Waals surface area contributed by atoms with E-state index >= 15 is 0 Å². The van der Waals surface area contributed by atoms with Crippen LogP contribution in [0.15, 0.2) is 30.5 Å². The summed E-state index contributed by atoms with van der Waals surface area (Å²) in [5, 5.41) is 27.1. The van der Waals surface area contributed by atoms with E-state index in [1.165, 1.54) is 0 Å². The maximum absolute atomic E-state index is 10.5. The molecule has 1 saturated heterocycles. The van der Waals surface area contributed by atoms with E-state index in [1.807, 2.05) is 24.3 Å². The Kier molecular flexibility index (Phi) is 4.86. The summed E-state index contributed by atoms with van der Waals surface area (Å²) in [6.45, 7) is -0.238. The molecule has 1 aromatic heterocycles. The van der Waals surface area contributed by atoms with Crippen LogP contribution >= 0.6 is 0 Å². The Bertz CT molecular complexity index is 567. The lowest BCUT2D eigenvalue weighted by molar-refractivity contribution is -0.107. The second-order valence-electron chi connectivity index (χ2n) is 4.52. The van der Waals surface area contributed by atoms with Crippen molar-refractivity contribution >= 4 is 17.2 Å². The fraction of sp³-hybridized carbons (Fsp3) is 0.357. The first-order chi connectivity index (χ1) is 9.65. The van der Waals surface area contributed by atoms with Crippen LogP contribution in [0.5, 0.6) is 0 Å². The van der Waals surface area contributed by atoms with Crippen LogP contribution in [0.2, 0.25) is 0 Å².